The number of urea groups is 1. The van der Waals surface area contributed by atoms with Gasteiger partial charge in [0.25, 0.3) is 0 Å². The Kier molecular flexibility index (Phi) is 6.11. The largest absolute Gasteiger partial charge is 0.364 e. The van der Waals surface area contributed by atoms with Crippen LogP contribution in [0.4, 0.5) is 16.2 Å². The fourth-order valence-electron chi connectivity index (χ4n) is 4.74. The van der Waals surface area contributed by atoms with Gasteiger partial charge in [-0.3, -0.25) is 9.80 Å². The van der Waals surface area contributed by atoms with Crippen LogP contribution in [0.2, 0.25) is 10.0 Å². The lowest BCUT2D eigenvalue weighted by atomic mass is 9.78. The molecule has 5 nitrogen and oxygen atoms in total. The number of nitriles is 1. The standard InChI is InChI=1S/C26H23Cl2N3O2/c1-3-15-25(2)26(33,19-6-4-5-18(16-19)17-29)31(23-13-9-21(28)10-14-23)24(32)30(25)22-11-7-20(27)8-12-22/h4-14,16,33H,3,15H2,1-2H3. The van der Waals surface area contributed by atoms with Gasteiger partial charge in [0.05, 0.1) is 17.2 Å². The first-order valence-corrected chi connectivity index (χ1v) is 11.4. The molecule has 33 heavy (non-hydrogen) atoms. The molecule has 2 atom stereocenters. The van der Waals surface area contributed by atoms with Crippen molar-refractivity contribution in [2.24, 2.45) is 0 Å². The van der Waals surface area contributed by atoms with Gasteiger partial charge in [-0.15, -0.1) is 0 Å². The molecule has 1 heterocycles. The zero-order valence-corrected chi connectivity index (χ0v) is 19.8. The van der Waals surface area contributed by atoms with E-state index in [1.54, 1.807) is 77.7 Å². The molecule has 0 spiro atoms. The van der Waals surface area contributed by atoms with Crippen molar-refractivity contribution in [1.29, 1.82) is 5.26 Å². The summed E-state index contributed by atoms with van der Waals surface area (Å²) in [5, 5.41) is 23.1. The molecule has 2 amide bonds. The third-order valence-electron chi connectivity index (χ3n) is 6.25. The molecule has 168 valence electrons. The molecule has 2 unspecified atom stereocenters. The maximum Gasteiger partial charge on any atom is 0.332 e. The van der Waals surface area contributed by atoms with Crippen LogP contribution >= 0.6 is 23.2 Å². The van der Waals surface area contributed by atoms with Gasteiger partial charge in [0.2, 0.25) is 0 Å². The summed E-state index contributed by atoms with van der Waals surface area (Å²) in [6, 6.07) is 22.3. The van der Waals surface area contributed by atoms with Gasteiger partial charge in [-0.25, -0.2) is 4.79 Å². The molecular formula is C26H23Cl2N3O2. The van der Waals surface area contributed by atoms with Gasteiger partial charge in [-0.05, 0) is 74.0 Å². The van der Waals surface area contributed by atoms with Crippen LogP contribution in [-0.2, 0) is 5.72 Å². The molecule has 1 saturated heterocycles. The van der Waals surface area contributed by atoms with Crippen molar-refractivity contribution in [3.05, 3.63) is 94.0 Å². The number of rotatable bonds is 5. The van der Waals surface area contributed by atoms with E-state index in [1.165, 1.54) is 4.90 Å². The average Bonchev–Trinajstić information content (AvgIpc) is 2.98. The highest BCUT2D eigenvalue weighted by Crippen LogP contribution is 2.52. The van der Waals surface area contributed by atoms with E-state index in [4.69, 9.17) is 23.2 Å². The second kappa shape index (κ2) is 8.72. The maximum absolute atomic E-state index is 14.1. The molecule has 0 bridgehead atoms. The summed E-state index contributed by atoms with van der Waals surface area (Å²) in [5.74, 6) is 0. The number of hydrogen-bond donors (Lipinski definition) is 1. The first kappa shape index (κ1) is 23.1. The van der Waals surface area contributed by atoms with Crippen molar-refractivity contribution in [2.75, 3.05) is 9.80 Å². The van der Waals surface area contributed by atoms with Crippen LogP contribution in [0.5, 0.6) is 0 Å². The highest BCUT2D eigenvalue weighted by molar-refractivity contribution is 6.31. The van der Waals surface area contributed by atoms with E-state index in [0.29, 0.717) is 45.4 Å². The first-order chi connectivity index (χ1) is 15.8. The third-order valence-corrected chi connectivity index (χ3v) is 6.76. The number of benzene rings is 3. The minimum atomic E-state index is -1.78. The monoisotopic (exact) mass is 479 g/mol. The van der Waals surface area contributed by atoms with Crippen LogP contribution in [-0.4, -0.2) is 16.7 Å². The Morgan fingerprint density at radius 3 is 2.00 bits per heavy atom. The van der Waals surface area contributed by atoms with E-state index in [1.807, 2.05) is 13.8 Å². The van der Waals surface area contributed by atoms with Gasteiger partial charge in [0.15, 0.2) is 5.72 Å². The molecule has 1 aliphatic rings. The Bertz CT molecular complexity index is 1220. The minimum Gasteiger partial charge on any atom is -0.364 e. The van der Waals surface area contributed by atoms with E-state index in [0.717, 1.165) is 0 Å². The van der Waals surface area contributed by atoms with E-state index >= 15 is 0 Å². The fraction of sp³-hybridized carbons (Fsp3) is 0.231. The van der Waals surface area contributed by atoms with Crippen LogP contribution in [0.1, 0.15) is 37.8 Å². The number of amides is 2. The molecule has 0 aromatic heterocycles. The van der Waals surface area contributed by atoms with E-state index in [9.17, 15) is 15.2 Å². The molecule has 1 aliphatic heterocycles. The lowest BCUT2D eigenvalue weighted by Gasteiger charge is -2.45. The van der Waals surface area contributed by atoms with E-state index in [-0.39, 0.29) is 6.03 Å². The Morgan fingerprint density at radius 1 is 0.939 bits per heavy atom. The highest BCUT2D eigenvalue weighted by atomic mass is 35.5. The predicted molar refractivity (Wildman–Crippen MR) is 132 cm³/mol. The molecule has 3 aromatic rings. The Balaban J connectivity index is 2.02. The first-order valence-electron chi connectivity index (χ1n) is 10.6. The van der Waals surface area contributed by atoms with Gasteiger partial charge >= 0.3 is 6.03 Å². The fourth-order valence-corrected chi connectivity index (χ4v) is 4.99. The van der Waals surface area contributed by atoms with Gasteiger partial charge in [-0.2, -0.15) is 5.26 Å². The highest BCUT2D eigenvalue weighted by Gasteiger charge is 2.65. The summed E-state index contributed by atoms with van der Waals surface area (Å²) < 4.78 is 0. The molecule has 0 radical (unpaired) electrons. The number of nitrogens with zero attached hydrogens (tertiary/aromatic N) is 3. The number of carbonyl (C=O) groups is 1. The number of anilines is 2. The molecule has 7 heteroatoms. The van der Waals surface area contributed by atoms with E-state index < -0.39 is 11.3 Å². The van der Waals surface area contributed by atoms with Crippen molar-refractivity contribution in [3.8, 4) is 6.07 Å². The lowest BCUT2D eigenvalue weighted by Crippen LogP contribution is -2.58. The second-order valence-electron chi connectivity index (χ2n) is 8.29. The summed E-state index contributed by atoms with van der Waals surface area (Å²) in [4.78, 5) is 17.1. The van der Waals surface area contributed by atoms with Crippen LogP contribution in [0.3, 0.4) is 0 Å². The predicted octanol–water partition coefficient (Wildman–Crippen LogP) is 6.72. The Morgan fingerprint density at radius 2 is 1.48 bits per heavy atom. The summed E-state index contributed by atoms with van der Waals surface area (Å²) in [6.45, 7) is 3.88. The third kappa shape index (κ3) is 3.65. The molecule has 3 aromatic carbocycles. The number of hydrogen-bond acceptors (Lipinski definition) is 3. The topological polar surface area (TPSA) is 67.6 Å². The van der Waals surface area contributed by atoms with Gasteiger partial charge in [-0.1, -0.05) is 48.7 Å². The van der Waals surface area contributed by atoms with Crippen molar-refractivity contribution in [1.82, 2.24) is 0 Å². The smallest absolute Gasteiger partial charge is 0.332 e. The van der Waals surface area contributed by atoms with Crippen molar-refractivity contribution < 1.29 is 9.90 Å². The summed E-state index contributed by atoms with van der Waals surface area (Å²) in [6.07, 6.45) is 1.21. The number of carbonyl (C=O) groups excluding carboxylic acids is 1. The molecule has 4 rings (SSSR count). The normalized spacial score (nSPS) is 22.5. The maximum atomic E-state index is 14.1. The summed E-state index contributed by atoms with van der Waals surface area (Å²) >= 11 is 12.2. The van der Waals surface area contributed by atoms with Crippen LogP contribution < -0.4 is 9.80 Å². The molecule has 1 N–H and O–H groups in total. The van der Waals surface area contributed by atoms with Crippen LogP contribution in [0.15, 0.2) is 72.8 Å². The van der Waals surface area contributed by atoms with E-state index in [2.05, 4.69) is 6.07 Å². The summed E-state index contributed by atoms with van der Waals surface area (Å²) in [7, 11) is 0. The lowest BCUT2D eigenvalue weighted by molar-refractivity contribution is -0.0140. The minimum absolute atomic E-state index is 0.388. The Labute approximate surface area is 203 Å². The van der Waals surface area contributed by atoms with Crippen molar-refractivity contribution in [3.63, 3.8) is 0 Å². The average molecular weight is 480 g/mol. The summed E-state index contributed by atoms with van der Waals surface area (Å²) in [5.41, 5.74) is -0.883. The Hall–Kier alpha value is -3.04. The molecule has 0 aliphatic carbocycles. The second-order valence-corrected chi connectivity index (χ2v) is 9.17. The quantitative estimate of drug-likeness (QED) is 0.441. The molecular weight excluding hydrogens is 457 g/mol. The van der Waals surface area contributed by atoms with Crippen LogP contribution in [0.25, 0.3) is 0 Å². The number of aliphatic hydroxyl groups is 1. The zero-order valence-electron chi connectivity index (χ0n) is 18.3. The number of halogens is 2. The van der Waals surface area contributed by atoms with Crippen molar-refractivity contribution in [2.45, 2.75) is 38.0 Å². The molecule has 1 fully saturated rings. The molecule has 0 saturated carbocycles. The van der Waals surface area contributed by atoms with Gasteiger partial charge in [0.1, 0.15) is 0 Å². The van der Waals surface area contributed by atoms with Crippen molar-refractivity contribution >= 4 is 40.6 Å². The zero-order chi connectivity index (χ0) is 23.8. The SMILES string of the molecule is CCCC1(C)N(c2ccc(Cl)cc2)C(=O)N(c2ccc(Cl)cc2)C1(O)c1cccc(C#N)c1. The van der Waals surface area contributed by atoms with Gasteiger partial charge < -0.3 is 5.11 Å². The van der Waals surface area contributed by atoms with Gasteiger partial charge in [0, 0.05) is 27.0 Å². The van der Waals surface area contributed by atoms with Crippen LogP contribution in [0, 0.1) is 11.3 Å².